The molecule has 3 rings (SSSR count). The van der Waals surface area contributed by atoms with Crippen molar-refractivity contribution >= 4 is 35.5 Å². The number of carbonyl (C=O) groups excluding carboxylic acids is 1. The molecule has 0 spiro atoms. The van der Waals surface area contributed by atoms with Crippen LogP contribution in [0.1, 0.15) is 5.56 Å². The molecular formula is C16H13ClN6O2S. The molecule has 0 aliphatic heterocycles. The molecule has 0 saturated heterocycles. The van der Waals surface area contributed by atoms with Gasteiger partial charge >= 0.3 is 0 Å². The van der Waals surface area contributed by atoms with Crippen molar-refractivity contribution in [3.05, 3.63) is 59.1 Å². The molecule has 10 heteroatoms. The Balaban J connectivity index is 1.56. The summed E-state index contributed by atoms with van der Waals surface area (Å²) in [5.41, 5.74) is 3.58. The van der Waals surface area contributed by atoms with Crippen molar-refractivity contribution < 1.29 is 9.90 Å². The number of halogens is 1. The molecule has 0 atom stereocenters. The quantitative estimate of drug-likeness (QED) is 0.381. The Labute approximate surface area is 157 Å². The van der Waals surface area contributed by atoms with Crippen molar-refractivity contribution in [2.75, 3.05) is 5.75 Å². The number of para-hydroxylation sites is 1. The van der Waals surface area contributed by atoms with Crippen molar-refractivity contribution in [2.24, 2.45) is 5.10 Å². The van der Waals surface area contributed by atoms with Gasteiger partial charge in [-0.25, -0.2) is 5.43 Å². The summed E-state index contributed by atoms with van der Waals surface area (Å²) in [7, 11) is 0. The van der Waals surface area contributed by atoms with Gasteiger partial charge in [0.15, 0.2) is 0 Å². The first kappa shape index (κ1) is 17.9. The maximum absolute atomic E-state index is 11.9. The summed E-state index contributed by atoms with van der Waals surface area (Å²) in [5.74, 6) is -0.245. The molecule has 1 aromatic heterocycles. The molecule has 0 fully saturated rings. The maximum Gasteiger partial charge on any atom is 0.250 e. The van der Waals surface area contributed by atoms with Crippen molar-refractivity contribution in [1.29, 1.82) is 0 Å². The van der Waals surface area contributed by atoms with Crippen LogP contribution in [0.2, 0.25) is 5.02 Å². The van der Waals surface area contributed by atoms with E-state index in [0.29, 0.717) is 15.7 Å². The minimum absolute atomic E-state index is 0.0174. The number of tetrazole rings is 1. The zero-order chi connectivity index (χ0) is 18.4. The molecule has 0 saturated carbocycles. The lowest BCUT2D eigenvalue weighted by molar-refractivity contribution is -0.118. The third-order valence-corrected chi connectivity index (χ3v) is 4.31. The molecule has 26 heavy (non-hydrogen) atoms. The Morgan fingerprint density at radius 3 is 2.92 bits per heavy atom. The van der Waals surface area contributed by atoms with Gasteiger partial charge in [0.25, 0.3) is 5.91 Å². The van der Waals surface area contributed by atoms with E-state index in [-0.39, 0.29) is 17.4 Å². The number of carbonyl (C=O) groups is 1. The van der Waals surface area contributed by atoms with E-state index in [1.54, 1.807) is 10.7 Å². The van der Waals surface area contributed by atoms with Gasteiger partial charge in [0.1, 0.15) is 5.75 Å². The van der Waals surface area contributed by atoms with E-state index >= 15 is 0 Å². The van der Waals surface area contributed by atoms with Crippen LogP contribution in [0.25, 0.3) is 5.69 Å². The number of nitrogens with zero attached hydrogens (tertiary/aromatic N) is 5. The van der Waals surface area contributed by atoms with Crippen LogP contribution in [-0.4, -0.2) is 43.2 Å². The zero-order valence-electron chi connectivity index (χ0n) is 13.3. The van der Waals surface area contributed by atoms with E-state index in [9.17, 15) is 9.90 Å². The Morgan fingerprint density at radius 2 is 2.12 bits per heavy atom. The predicted octanol–water partition coefficient (Wildman–Crippen LogP) is 2.26. The highest BCUT2D eigenvalue weighted by atomic mass is 35.5. The number of nitrogens with one attached hydrogen (secondary N) is 1. The van der Waals surface area contributed by atoms with Crippen LogP contribution in [0, 0.1) is 0 Å². The molecule has 8 nitrogen and oxygen atoms in total. The third-order valence-electron chi connectivity index (χ3n) is 3.16. The van der Waals surface area contributed by atoms with Crippen LogP contribution in [0.3, 0.4) is 0 Å². The van der Waals surface area contributed by atoms with E-state index in [1.807, 2.05) is 30.3 Å². The summed E-state index contributed by atoms with van der Waals surface area (Å²) in [5, 5.41) is 25.9. The number of rotatable bonds is 6. The number of aromatic hydroxyl groups is 1. The number of amides is 1. The number of aromatic nitrogens is 4. The second-order valence-electron chi connectivity index (χ2n) is 4.99. The van der Waals surface area contributed by atoms with E-state index in [1.165, 1.54) is 30.1 Å². The second-order valence-corrected chi connectivity index (χ2v) is 6.37. The first-order valence-electron chi connectivity index (χ1n) is 7.40. The van der Waals surface area contributed by atoms with Crippen molar-refractivity contribution in [3.63, 3.8) is 0 Å². The fourth-order valence-corrected chi connectivity index (χ4v) is 2.83. The fraction of sp³-hybridized carbons (Fsp3) is 0.0625. The lowest BCUT2D eigenvalue weighted by Crippen LogP contribution is -2.20. The summed E-state index contributed by atoms with van der Waals surface area (Å²) in [4.78, 5) is 11.9. The lowest BCUT2D eigenvalue weighted by Gasteiger charge is -2.03. The largest absolute Gasteiger partial charge is 0.507 e. The van der Waals surface area contributed by atoms with Crippen LogP contribution in [-0.2, 0) is 4.79 Å². The van der Waals surface area contributed by atoms with Gasteiger partial charge in [-0.15, -0.1) is 5.10 Å². The molecular weight excluding hydrogens is 376 g/mol. The van der Waals surface area contributed by atoms with E-state index in [0.717, 1.165) is 5.69 Å². The number of phenolic OH excluding ortho intramolecular Hbond substituents is 1. The maximum atomic E-state index is 11.9. The van der Waals surface area contributed by atoms with E-state index in [2.05, 4.69) is 26.1 Å². The molecule has 2 aromatic carbocycles. The number of hydrazone groups is 1. The highest BCUT2D eigenvalue weighted by Gasteiger charge is 2.11. The van der Waals surface area contributed by atoms with Crippen molar-refractivity contribution in [3.8, 4) is 11.4 Å². The first-order valence-corrected chi connectivity index (χ1v) is 8.77. The smallest absolute Gasteiger partial charge is 0.250 e. The topological polar surface area (TPSA) is 105 Å². The Hall–Kier alpha value is -2.91. The SMILES string of the molecule is O=C(CSc1nnnn1-c1ccccc1)N/N=C\c1cc(Cl)ccc1O. The fourth-order valence-electron chi connectivity index (χ4n) is 1.97. The summed E-state index contributed by atoms with van der Waals surface area (Å²) in [6, 6.07) is 13.9. The molecule has 1 amide bonds. The molecule has 0 aliphatic carbocycles. The second kappa shape index (κ2) is 8.45. The molecule has 0 bridgehead atoms. The molecule has 1 heterocycles. The zero-order valence-corrected chi connectivity index (χ0v) is 14.9. The Bertz CT molecular complexity index is 931. The van der Waals surface area contributed by atoms with Gasteiger partial charge in [0.2, 0.25) is 5.16 Å². The highest BCUT2D eigenvalue weighted by molar-refractivity contribution is 7.99. The minimum Gasteiger partial charge on any atom is -0.507 e. The Morgan fingerprint density at radius 1 is 1.31 bits per heavy atom. The average Bonchev–Trinajstić information content (AvgIpc) is 3.12. The van der Waals surface area contributed by atoms with Crippen LogP contribution in [0.5, 0.6) is 5.75 Å². The summed E-state index contributed by atoms with van der Waals surface area (Å²) < 4.78 is 1.55. The minimum atomic E-state index is -0.338. The van der Waals surface area contributed by atoms with Crippen LogP contribution in [0.4, 0.5) is 0 Å². The normalized spacial score (nSPS) is 11.0. The third kappa shape index (κ3) is 4.58. The van der Waals surface area contributed by atoms with Gasteiger partial charge in [-0.2, -0.15) is 9.78 Å². The molecule has 2 N–H and O–H groups in total. The van der Waals surface area contributed by atoms with Gasteiger partial charge in [-0.05, 0) is 40.8 Å². The first-order chi connectivity index (χ1) is 12.6. The van der Waals surface area contributed by atoms with Crippen molar-refractivity contribution in [2.45, 2.75) is 5.16 Å². The number of thioether (sulfide) groups is 1. The number of phenols is 1. The molecule has 0 radical (unpaired) electrons. The molecule has 0 unspecified atom stereocenters. The predicted molar refractivity (Wildman–Crippen MR) is 98.7 cm³/mol. The number of hydrogen-bond acceptors (Lipinski definition) is 7. The van der Waals surface area contributed by atoms with Gasteiger partial charge in [0, 0.05) is 10.6 Å². The molecule has 3 aromatic rings. The Kier molecular flexibility index (Phi) is 5.82. The van der Waals surface area contributed by atoms with Crippen LogP contribution >= 0.6 is 23.4 Å². The monoisotopic (exact) mass is 388 g/mol. The summed E-state index contributed by atoms with van der Waals surface area (Å²) in [6.07, 6.45) is 1.32. The number of hydrogen-bond donors (Lipinski definition) is 2. The average molecular weight is 389 g/mol. The van der Waals surface area contributed by atoms with E-state index < -0.39 is 0 Å². The highest BCUT2D eigenvalue weighted by Crippen LogP contribution is 2.20. The number of benzene rings is 2. The lowest BCUT2D eigenvalue weighted by atomic mass is 10.2. The van der Waals surface area contributed by atoms with Gasteiger partial charge in [-0.1, -0.05) is 41.6 Å². The summed E-state index contributed by atoms with van der Waals surface area (Å²) >= 11 is 7.02. The standard InChI is InChI=1S/C16H13ClN6O2S/c17-12-6-7-14(24)11(8-12)9-18-19-15(25)10-26-16-20-21-22-23(16)13-4-2-1-3-5-13/h1-9,24H,10H2,(H,19,25)/b18-9-. The molecule has 132 valence electrons. The van der Waals surface area contributed by atoms with Crippen LogP contribution < -0.4 is 5.43 Å². The van der Waals surface area contributed by atoms with Crippen LogP contribution in [0.15, 0.2) is 58.8 Å². The van der Waals surface area contributed by atoms with Gasteiger partial charge < -0.3 is 5.11 Å². The van der Waals surface area contributed by atoms with Gasteiger partial charge in [-0.3, -0.25) is 4.79 Å². The molecule has 0 aliphatic rings. The summed E-state index contributed by atoms with van der Waals surface area (Å²) in [6.45, 7) is 0. The van der Waals surface area contributed by atoms with E-state index in [4.69, 9.17) is 11.6 Å². The van der Waals surface area contributed by atoms with Gasteiger partial charge in [0.05, 0.1) is 17.7 Å². The van der Waals surface area contributed by atoms with Crippen molar-refractivity contribution in [1.82, 2.24) is 25.6 Å².